The lowest BCUT2D eigenvalue weighted by atomic mass is 10.2. The molecule has 30 heavy (non-hydrogen) atoms. The van der Waals surface area contributed by atoms with Gasteiger partial charge in [0.15, 0.2) is 0 Å². The number of rotatable bonds is 9. The Hall–Kier alpha value is -3.80. The number of anilines is 2. The molecule has 154 valence electrons. The van der Waals surface area contributed by atoms with E-state index in [1.165, 1.54) is 0 Å². The third-order valence-electron chi connectivity index (χ3n) is 4.23. The minimum absolute atomic E-state index is 0.0549. The summed E-state index contributed by atoms with van der Waals surface area (Å²) in [6, 6.07) is 23.4. The van der Waals surface area contributed by atoms with Crippen LogP contribution < -0.4 is 20.1 Å². The Morgan fingerprint density at radius 3 is 1.80 bits per heavy atom. The second kappa shape index (κ2) is 10.7. The number of carbonyl (C=O) groups is 2. The summed E-state index contributed by atoms with van der Waals surface area (Å²) in [5.74, 6) is 1.19. The molecule has 0 saturated heterocycles. The molecule has 0 bridgehead atoms. The lowest BCUT2D eigenvalue weighted by molar-refractivity contribution is -0.115. The highest BCUT2D eigenvalue weighted by Crippen LogP contribution is 2.17. The van der Waals surface area contributed by atoms with Gasteiger partial charge in [-0.05, 0) is 60.7 Å². The topological polar surface area (TPSA) is 76.7 Å². The summed E-state index contributed by atoms with van der Waals surface area (Å²) in [6.45, 7) is 2.63. The van der Waals surface area contributed by atoms with Crippen LogP contribution in [0.25, 0.3) is 0 Å². The molecule has 3 aromatic rings. The summed E-state index contributed by atoms with van der Waals surface area (Å²) < 4.78 is 11.2. The second-order valence-electron chi connectivity index (χ2n) is 6.47. The number of benzene rings is 3. The van der Waals surface area contributed by atoms with E-state index in [1.807, 2.05) is 30.3 Å². The maximum absolute atomic E-state index is 12.4. The van der Waals surface area contributed by atoms with Crippen LogP contribution in [-0.4, -0.2) is 25.0 Å². The van der Waals surface area contributed by atoms with E-state index in [9.17, 15) is 9.59 Å². The number of hydrogen-bond acceptors (Lipinski definition) is 4. The summed E-state index contributed by atoms with van der Waals surface area (Å²) in [5, 5.41) is 5.60. The van der Waals surface area contributed by atoms with Crippen molar-refractivity contribution in [1.82, 2.24) is 0 Å². The predicted octanol–water partition coefficient (Wildman–Crippen LogP) is 4.75. The van der Waals surface area contributed by atoms with Gasteiger partial charge in [0.25, 0.3) is 5.91 Å². The molecule has 0 atom stereocenters. The third kappa shape index (κ3) is 6.38. The fourth-order valence-corrected chi connectivity index (χ4v) is 2.63. The Morgan fingerprint density at radius 2 is 1.23 bits per heavy atom. The largest absolute Gasteiger partial charge is 0.490 e. The smallest absolute Gasteiger partial charge is 0.255 e. The predicted molar refractivity (Wildman–Crippen MR) is 117 cm³/mol. The molecule has 0 aliphatic rings. The molecule has 0 heterocycles. The maximum atomic E-state index is 12.4. The molecule has 0 radical (unpaired) electrons. The first-order chi connectivity index (χ1) is 14.6. The van der Waals surface area contributed by atoms with Crippen LogP contribution in [0.5, 0.6) is 11.5 Å². The van der Waals surface area contributed by atoms with Crippen LogP contribution in [0.15, 0.2) is 78.9 Å². The van der Waals surface area contributed by atoms with Crippen LogP contribution in [0, 0.1) is 0 Å². The van der Waals surface area contributed by atoms with Gasteiger partial charge in [0.1, 0.15) is 24.7 Å². The third-order valence-corrected chi connectivity index (χ3v) is 4.23. The summed E-state index contributed by atoms with van der Waals surface area (Å²) >= 11 is 0. The van der Waals surface area contributed by atoms with Gasteiger partial charge in [0.05, 0.1) is 0 Å². The number of carbonyl (C=O) groups excluding carboxylic acids is 2. The quantitative estimate of drug-likeness (QED) is 0.505. The van der Waals surface area contributed by atoms with E-state index in [0.29, 0.717) is 42.3 Å². The molecule has 0 saturated carbocycles. The molecule has 6 heteroatoms. The van der Waals surface area contributed by atoms with Crippen molar-refractivity contribution in [2.75, 3.05) is 23.8 Å². The number of ether oxygens (including phenoxy) is 2. The maximum Gasteiger partial charge on any atom is 0.255 e. The zero-order valence-electron chi connectivity index (χ0n) is 16.8. The van der Waals surface area contributed by atoms with Gasteiger partial charge in [0, 0.05) is 23.4 Å². The molecular formula is C24H24N2O4. The van der Waals surface area contributed by atoms with Crippen molar-refractivity contribution in [3.8, 4) is 11.5 Å². The van der Waals surface area contributed by atoms with Crippen molar-refractivity contribution in [3.63, 3.8) is 0 Å². The SMILES string of the molecule is CCC(=O)Nc1ccc(NC(=O)c2ccc(OCCOc3ccccc3)cc2)cc1. The molecule has 0 aromatic heterocycles. The molecule has 0 aliphatic heterocycles. The first-order valence-corrected chi connectivity index (χ1v) is 9.76. The van der Waals surface area contributed by atoms with Crippen LogP contribution in [-0.2, 0) is 4.79 Å². The van der Waals surface area contributed by atoms with E-state index in [1.54, 1.807) is 55.5 Å². The molecular weight excluding hydrogens is 380 g/mol. The van der Waals surface area contributed by atoms with Crippen molar-refractivity contribution in [2.24, 2.45) is 0 Å². The highest BCUT2D eigenvalue weighted by Gasteiger charge is 2.07. The van der Waals surface area contributed by atoms with E-state index < -0.39 is 0 Å². The van der Waals surface area contributed by atoms with Crippen molar-refractivity contribution >= 4 is 23.2 Å². The van der Waals surface area contributed by atoms with E-state index in [-0.39, 0.29) is 11.8 Å². The molecule has 0 spiro atoms. The molecule has 2 amide bonds. The molecule has 0 unspecified atom stereocenters. The Morgan fingerprint density at radius 1 is 0.700 bits per heavy atom. The summed E-state index contributed by atoms with van der Waals surface area (Å²) in [6.07, 6.45) is 0.415. The van der Waals surface area contributed by atoms with Crippen LogP contribution in [0.3, 0.4) is 0 Å². The molecule has 3 aromatic carbocycles. The van der Waals surface area contributed by atoms with E-state index >= 15 is 0 Å². The molecule has 6 nitrogen and oxygen atoms in total. The van der Waals surface area contributed by atoms with Gasteiger partial charge >= 0.3 is 0 Å². The number of hydrogen-bond donors (Lipinski definition) is 2. The van der Waals surface area contributed by atoms with E-state index in [0.717, 1.165) is 5.75 Å². The average molecular weight is 404 g/mol. The average Bonchev–Trinajstić information content (AvgIpc) is 2.79. The first-order valence-electron chi connectivity index (χ1n) is 9.76. The minimum atomic E-state index is -0.223. The van der Waals surface area contributed by atoms with Gasteiger partial charge in [-0.25, -0.2) is 0 Å². The first kappa shape index (κ1) is 20.9. The van der Waals surface area contributed by atoms with Gasteiger partial charge in [-0.1, -0.05) is 25.1 Å². The van der Waals surface area contributed by atoms with Crippen LogP contribution in [0.2, 0.25) is 0 Å². The Balaban J connectivity index is 1.45. The highest BCUT2D eigenvalue weighted by molar-refractivity contribution is 6.04. The van der Waals surface area contributed by atoms with Gasteiger partial charge in [0.2, 0.25) is 5.91 Å². The zero-order valence-corrected chi connectivity index (χ0v) is 16.8. The molecule has 0 fully saturated rings. The van der Waals surface area contributed by atoms with Gasteiger partial charge < -0.3 is 20.1 Å². The van der Waals surface area contributed by atoms with Crippen molar-refractivity contribution in [2.45, 2.75) is 13.3 Å². The highest BCUT2D eigenvalue weighted by atomic mass is 16.5. The zero-order chi connectivity index (χ0) is 21.2. The van der Waals surface area contributed by atoms with Crippen LogP contribution in [0.1, 0.15) is 23.7 Å². The van der Waals surface area contributed by atoms with Gasteiger partial charge in [-0.15, -0.1) is 0 Å². The molecule has 3 rings (SSSR count). The summed E-state index contributed by atoms with van der Waals surface area (Å²) in [5.41, 5.74) is 1.86. The Labute approximate surface area is 175 Å². The molecule has 0 aliphatic carbocycles. The fourth-order valence-electron chi connectivity index (χ4n) is 2.63. The van der Waals surface area contributed by atoms with E-state index in [4.69, 9.17) is 9.47 Å². The summed E-state index contributed by atoms with van der Waals surface area (Å²) in [4.78, 5) is 23.8. The standard InChI is InChI=1S/C24H24N2O4/c1-2-23(27)25-19-10-12-20(13-11-19)26-24(28)18-8-14-22(15-9-18)30-17-16-29-21-6-4-3-5-7-21/h3-15H,2,16-17H2,1H3,(H,25,27)(H,26,28). The Kier molecular flexibility index (Phi) is 7.44. The Bertz CT molecular complexity index is 955. The lowest BCUT2D eigenvalue weighted by Crippen LogP contribution is -2.13. The van der Waals surface area contributed by atoms with Crippen molar-refractivity contribution in [1.29, 1.82) is 0 Å². The van der Waals surface area contributed by atoms with Crippen molar-refractivity contribution < 1.29 is 19.1 Å². The number of nitrogens with one attached hydrogen (secondary N) is 2. The normalized spacial score (nSPS) is 10.2. The minimum Gasteiger partial charge on any atom is -0.490 e. The number of para-hydroxylation sites is 1. The van der Waals surface area contributed by atoms with Gasteiger partial charge in [-0.3, -0.25) is 9.59 Å². The lowest BCUT2D eigenvalue weighted by Gasteiger charge is -2.10. The second-order valence-corrected chi connectivity index (χ2v) is 6.47. The van der Waals surface area contributed by atoms with E-state index in [2.05, 4.69) is 10.6 Å². The summed E-state index contributed by atoms with van der Waals surface area (Å²) in [7, 11) is 0. The van der Waals surface area contributed by atoms with Crippen LogP contribution >= 0.6 is 0 Å². The fraction of sp³-hybridized carbons (Fsp3) is 0.167. The number of amides is 2. The van der Waals surface area contributed by atoms with Crippen molar-refractivity contribution in [3.05, 3.63) is 84.4 Å². The van der Waals surface area contributed by atoms with Crippen LogP contribution in [0.4, 0.5) is 11.4 Å². The monoisotopic (exact) mass is 404 g/mol. The van der Waals surface area contributed by atoms with Gasteiger partial charge in [-0.2, -0.15) is 0 Å². The molecule has 2 N–H and O–H groups in total.